The number of hydrogen-bond acceptors (Lipinski definition) is 5. The largest absolute Gasteiger partial charge is 0.505 e. The molecule has 2 aromatic rings. The van der Waals surface area contributed by atoms with Crippen molar-refractivity contribution in [2.75, 3.05) is 0 Å². The monoisotopic (exact) mass is 299 g/mol. The van der Waals surface area contributed by atoms with Crippen molar-refractivity contribution < 1.29 is 10.0 Å². The lowest BCUT2D eigenvalue weighted by Crippen LogP contribution is -1.91. The van der Waals surface area contributed by atoms with Gasteiger partial charge in [0.2, 0.25) is 0 Å². The second-order valence-corrected chi connectivity index (χ2v) is 5.33. The predicted octanol–water partition coefficient (Wildman–Crippen LogP) is 4.95. The fourth-order valence-corrected chi connectivity index (χ4v) is 2.13. The van der Waals surface area contributed by atoms with Gasteiger partial charge in [0.15, 0.2) is 5.69 Å². The molecule has 0 saturated carbocycles. The Labute approximate surface area is 128 Å². The highest BCUT2D eigenvalue weighted by atomic mass is 16.6. The Morgan fingerprint density at radius 3 is 2.14 bits per heavy atom. The Hall–Kier alpha value is -2.76. The van der Waals surface area contributed by atoms with Gasteiger partial charge in [-0.15, -0.1) is 10.2 Å². The van der Waals surface area contributed by atoms with Crippen molar-refractivity contribution in [2.45, 2.75) is 27.7 Å². The van der Waals surface area contributed by atoms with Crippen LogP contribution >= 0.6 is 0 Å². The van der Waals surface area contributed by atoms with Crippen molar-refractivity contribution in [3.05, 3.63) is 56.6 Å². The van der Waals surface area contributed by atoms with E-state index in [9.17, 15) is 15.2 Å². The number of rotatable bonds is 3. The zero-order valence-electron chi connectivity index (χ0n) is 12.9. The van der Waals surface area contributed by atoms with Gasteiger partial charge in [-0.25, -0.2) is 0 Å². The van der Waals surface area contributed by atoms with Crippen molar-refractivity contribution in [3.63, 3.8) is 0 Å². The number of nitrogens with zero attached hydrogens (tertiary/aromatic N) is 3. The van der Waals surface area contributed by atoms with Gasteiger partial charge in [-0.05, 0) is 62.1 Å². The molecule has 0 aromatic heterocycles. The molecule has 0 radical (unpaired) electrons. The van der Waals surface area contributed by atoms with Crippen molar-refractivity contribution in [2.24, 2.45) is 10.2 Å². The smallest absolute Gasteiger partial charge is 0.297 e. The molecule has 6 heteroatoms. The number of benzene rings is 2. The van der Waals surface area contributed by atoms with Crippen molar-refractivity contribution >= 4 is 17.1 Å². The van der Waals surface area contributed by atoms with E-state index in [0.717, 1.165) is 16.7 Å². The molecule has 0 fully saturated rings. The van der Waals surface area contributed by atoms with Crippen LogP contribution in [-0.4, -0.2) is 10.0 Å². The molecule has 0 heterocycles. The first-order valence-corrected chi connectivity index (χ1v) is 6.77. The highest BCUT2D eigenvalue weighted by Crippen LogP contribution is 2.35. The molecule has 0 aliphatic heterocycles. The molecule has 22 heavy (non-hydrogen) atoms. The van der Waals surface area contributed by atoms with E-state index in [0.29, 0.717) is 11.3 Å². The van der Waals surface area contributed by atoms with E-state index in [1.807, 2.05) is 19.9 Å². The Kier molecular flexibility index (Phi) is 4.21. The van der Waals surface area contributed by atoms with Gasteiger partial charge in [-0.2, -0.15) is 0 Å². The number of nitro groups is 1. The van der Waals surface area contributed by atoms with Crippen LogP contribution in [0.5, 0.6) is 5.75 Å². The average Bonchev–Trinajstić information content (AvgIpc) is 2.44. The second-order valence-electron chi connectivity index (χ2n) is 5.33. The van der Waals surface area contributed by atoms with E-state index in [4.69, 9.17) is 0 Å². The van der Waals surface area contributed by atoms with Crippen molar-refractivity contribution in [1.82, 2.24) is 0 Å². The molecule has 114 valence electrons. The minimum Gasteiger partial charge on any atom is -0.505 e. The van der Waals surface area contributed by atoms with Gasteiger partial charge in [0.1, 0.15) is 11.4 Å². The molecular weight excluding hydrogens is 282 g/mol. The van der Waals surface area contributed by atoms with Crippen LogP contribution in [0.4, 0.5) is 17.1 Å². The number of phenols is 1. The quantitative estimate of drug-likeness (QED) is 0.494. The maximum Gasteiger partial charge on any atom is 0.297 e. The van der Waals surface area contributed by atoms with E-state index >= 15 is 0 Å². The van der Waals surface area contributed by atoms with Crippen LogP contribution in [-0.2, 0) is 0 Å². The lowest BCUT2D eigenvalue weighted by molar-refractivity contribution is -0.384. The predicted molar refractivity (Wildman–Crippen MR) is 84.3 cm³/mol. The van der Waals surface area contributed by atoms with Gasteiger partial charge < -0.3 is 5.11 Å². The van der Waals surface area contributed by atoms with E-state index in [1.54, 1.807) is 26.0 Å². The molecule has 0 spiro atoms. The number of nitro benzene ring substituents is 1. The molecule has 1 N–H and O–H groups in total. The summed E-state index contributed by atoms with van der Waals surface area (Å²) in [6, 6.07) is 6.60. The summed E-state index contributed by atoms with van der Waals surface area (Å²) < 4.78 is 0. The molecule has 6 nitrogen and oxygen atoms in total. The molecule has 0 aliphatic rings. The van der Waals surface area contributed by atoms with E-state index < -0.39 is 4.92 Å². The zero-order chi connectivity index (χ0) is 16.4. The van der Waals surface area contributed by atoms with Crippen molar-refractivity contribution in [1.29, 1.82) is 0 Å². The number of phenolic OH excluding ortho intramolecular Hbond substituents is 1. The standard InChI is InChI=1S/C16H17N3O3/c1-9-5-12(4)16(20)14(6-9)18-17-13-7-10(2)11(3)8-15(13)19(21)22/h5-8,20H,1-4H3. The Morgan fingerprint density at radius 1 is 0.909 bits per heavy atom. The fraction of sp³-hybridized carbons (Fsp3) is 0.250. The highest BCUT2D eigenvalue weighted by Gasteiger charge is 2.15. The maximum atomic E-state index is 11.1. The van der Waals surface area contributed by atoms with Gasteiger partial charge in [-0.1, -0.05) is 6.07 Å². The summed E-state index contributed by atoms with van der Waals surface area (Å²) >= 11 is 0. The minimum atomic E-state index is -0.484. The van der Waals surface area contributed by atoms with Gasteiger partial charge in [0.05, 0.1) is 4.92 Å². The van der Waals surface area contributed by atoms with Crippen LogP contribution in [0.1, 0.15) is 22.3 Å². The lowest BCUT2D eigenvalue weighted by Gasteiger charge is -2.05. The minimum absolute atomic E-state index is 0.0286. The van der Waals surface area contributed by atoms with Crippen LogP contribution < -0.4 is 0 Å². The number of aromatic hydroxyl groups is 1. The van der Waals surface area contributed by atoms with Crippen LogP contribution in [0, 0.1) is 37.8 Å². The van der Waals surface area contributed by atoms with Crippen LogP contribution in [0.3, 0.4) is 0 Å². The van der Waals surface area contributed by atoms with Gasteiger partial charge in [0.25, 0.3) is 5.69 Å². The molecule has 0 bridgehead atoms. The number of azo groups is 1. The third kappa shape index (κ3) is 3.11. The molecule has 0 aliphatic carbocycles. The first-order valence-electron chi connectivity index (χ1n) is 6.77. The molecule has 0 amide bonds. The first kappa shape index (κ1) is 15.6. The second kappa shape index (κ2) is 5.93. The van der Waals surface area contributed by atoms with Gasteiger partial charge >= 0.3 is 0 Å². The third-order valence-electron chi connectivity index (χ3n) is 3.48. The number of aryl methyl sites for hydroxylation is 4. The van der Waals surface area contributed by atoms with Gasteiger partial charge in [-0.3, -0.25) is 10.1 Å². The molecule has 0 saturated heterocycles. The van der Waals surface area contributed by atoms with E-state index in [-0.39, 0.29) is 17.1 Å². The van der Waals surface area contributed by atoms with E-state index in [2.05, 4.69) is 10.2 Å². The zero-order valence-corrected chi connectivity index (χ0v) is 12.9. The first-order chi connectivity index (χ1) is 10.3. The third-order valence-corrected chi connectivity index (χ3v) is 3.48. The number of hydrogen-bond donors (Lipinski definition) is 1. The molecule has 2 rings (SSSR count). The Balaban J connectivity index is 2.51. The lowest BCUT2D eigenvalue weighted by atomic mass is 10.1. The maximum absolute atomic E-state index is 11.1. The summed E-state index contributed by atoms with van der Waals surface area (Å²) in [5.74, 6) is 0.0286. The summed E-state index contributed by atoms with van der Waals surface area (Å²) in [7, 11) is 0. The Morgan fingerprint density at radius 2 is 1.50 bits per heavy atom. The summed E-state index contributed by atoms with van der Waals surface area (Å²) in [6.45, 7) is 7.30. The SMILES string of the molecule is Cc1cc(C)c(O)c(N=Nc2cc(C)c(C)cc2[N+](=O)[O-])c1. The highest BCUT2D eigenvalue weighted by molar-refractivity contribution is 5.62. The molecule has 2 aromatic carbocycles. The van der Waals surface area contributed by atoms with Crippen LogP contribution in [0.25, 0.3) is 0 Å². The summed E-state index contributed by atoms with van der Waals surface area (Å²) in [5.41, 5.74) is 3.69. The topological polar surface area (TPSA) is 88.1 Å². The summed E-state index contributed by atoms with van der Waals surface area (Å²) in [4.78, 5) is 10.6. The summed E-state index contributed by atoms with van der Waals surface area (Å²) in [6.07, 6.45) is 0. The average molecular weight is 299 g/mol. The normalized spacial score (nSPS) is 11.1. The van der Waals surface area contributed by atoms with Crippen molar-refractivity contribution in [3.8, 4) is 5.75 Å². The van der Waals surface area contributed by atoms with Gasteiger partial charge in [0, 0.05) is 6.07 Å². The van der Waals surface area contributed by atoms with Crippen LogP contribution in [0.2, 0.25) is 0 Å². The van der Waals surface area contributed by atoms with Crippen LogP contribution in [0.15, 0.2) is 34.5 Å². The molecule has 0 unspecified atom stereocenters. The van der Waals surface area contributed by atoms with E-state index in [1.165, 1.54) is 6.07 Å². The fourth-order valence-electron chi connectivity index (χ4n) is 2.13. The Bertz CT molecular complexity index is 783. The molecule has 0 atom stereocenters. The molecular formula is C16H17N3O3. The summed E-state index contributed by atoms with van der Waals surface area (Å²) in [5, 5.41) is 29.1.